The molecule has 1 N–H and O–H groups in total. The zero-order valence-electron chi connectivity index (χ0n) is 16.3. The molecule has 29 heavy (non-hydrogen) atoms. The second kappa shape index (κ2) is 10.2. The first-order valence-electron chi connectivity index (χ1n) is 9.59. The number of piperidine rings is 1. The number of benzene rings is 1. The molecule has 0 bridgehead atoms. The number of nitrogens with one attached hydrogen (secondary N) is 1. The lowest BCUT2D eigenvalue weighted by Crippen LogP contribution is -2.48. The highest BCUT2D eigenvalue weighted by Gasteiger charge is 2.28. The number of halogens is 2. The smallest absolute Gasteiger partial charge is 0.387 e. The van der Waals surface area contributed by atoms with Gasteiger partial charge in [0.25, 0.3) is 0 Å². The number of amides is 1. The van der Waals surface area contributed by atoms with Crippen LogP contribution in [0.25, 0.3) is 0 Å². The maximum absolute atomic E-state index is 12.8. The summed E-state index contributed by atoms with van der Waals surface area (Å²) < 4.78 is 34.7. The zero-order chi connectivity index (χ0) is 20.6. The largest absolute Gasteiger partial charge is 0.493 e. The number of carbonyl (C=O) groups excluding carboxylic acids is 1. The van der Waals surface area contributed by atoms with Crippen molar-refractivity contribution < 1.29 is 23.0 Å². The van der Waals surface area contributed by atoms with Gasteiger partial charge >= 0.3 is 6.61 Å². The highest BCUT2D eigenvalue weighted by Crippen LogP contribution is 2.29. The molecular weight excluding hydrogens is 380 g/mol. The number of carbonyl (C=O) groups is 1. The number of likely N-dealkylation sites (tertiary alicyclic amines) is 1. The number of pyridine rings is 1. The molecule has 1 aliphatic rings. The minimum absolute atomic E-state index is 0.0508. The maximum atomic E-state index is 12.8. The van der Waals surface area contributed by atoms with E-state index in [0.717, 1.165) is 31.4 Å². The van der Waals surface area contributed by atoms with Crippen molar-refractivity contribution in [3.05, 3.63) is 53.9 Å². The van der Waals surface area contributed by atoms with Crippen molar-refractivity contribution in [2.45, 2.75) is 45.0 Å². The van der Waals surface area contributed by atoms with E-state index in [4.69, 9.17) is 4.74 Å². The van der Waals surface area contributed by atoms with Crippen LogP contribution in [0.2, 0.25) is 0 Å². The van der Waals surface area contributed by atoms with E-state index in [1.807, 2.05) is 18.3 Å². The Kier molecular flexibility index (Phi) is 7.35. The quantitative estimate of drug-likeness (QED) is 0.730. The van der Waals surface area contributed by atoms with Gasteiger partial charge in [0.15, 0.2) is 11.5 Å². The van der Waals surface area contributed by atoms with Crippen molar-refractivity contribution in [3.8, 4) is 11.5 Å². The molecule has 1 aliphatic heterocycles. The summed E-state index contributed by atoms with van der Waals surface area (Å²) >= 11 is 0. The van der Waals surface area contributed by atoms with Crippen molar-refractivity contribution in [3.63, 3.8) is 0 Å². The van der Waals surface area contributed by atoms with Crippen LogP contribution in [0.4, 0.5) is 8.78 Å². The minimum Gasteiger partial charge on any atom is -0.493 e. The lowest BCUT2D eigenvalue weighted by Gasteiger charge is -2.34. The Hall–Kier alpha value is -2.74. The van der Waals surface area contributed by atoms with Gasteiger partial charge in [-0.05, 0) is 48.7 Å². The van der Waals surface area contributed by atoms with E-state index < -0.39 is 6.61 Å². The second-order valence-corrected chi connectivity index (χ2v) is 6.92. The summed E-state index contributed by atoms with van der Waals surface area (Å²) in [4.78, 5) is 19.1. The molecule has 2 aromatic rings. The average molecular weight is 405 g/mol. The summed E-state index contributed by atoms with van der Waals surface area (Å²) in [6.07, 6.45) is 6.37. The van der Waals surface area contributed by atoms with Crippen LogP contribution in [0.3, 0.4) is 0 Å². The van der Waals surface area contributed by atoms with Gasteiger partial charge in [0.2, 0.25) is 5.91 Å². The second-order valence-electron chi connectivity index (χ2n) is 6.92. The van der Waals surface area contributed by atoms with Crippen molar-refractivity contribution in [1.82, 2.24) is 15.2 Å². The summed E-state index contributed by atoms with van der Waals surface area (Å²) in [5.74, 6) is 0.0983. The first kappa shape index (κ1) is 21.0. The lowest BCUT2D eigenvalue weighted by atomic mass is 10.0. The van der Waals surface area contributed by atoms with Gasteiger partial charge in [0.05, 0.1) is 13.2 Å². The summed E-state index contributed by atoms with van der Waals surface area (Å²) in [5.41, 5.74) is 1.72. The van der Waals surface area contributed by atoms with Crippen LogP contribution in [0, 0.1) is 0 Å². The molecule has 1 aromatic heterocycles. The number of hydrogen-bond donors (Lipinski definition) is 1. The molecule has 3 rings (SSSR count). The van der Waals surface area contributed by atoms with E-state index in [9.17, 15) is 13.6 Å². The van der Waals surface area contributed by atoms with Gasteiger partial charge in [-0.1, -0.05) is 18.6 Å². The van der Waals surface area contributed by atoms with Crippen molar-refractivity contribution in [2.24, 2.45) is 0 Å². The number of nitrogens with zero attached hydrogens (tertiary/aromatic N) is 2. The molecule has 1 aromatic carbocycles. The molecule has 1 amide bonds. The van der Waals surface area contributed by atoms with E-state index in [1.165, 1.54) is 13.2 Å². The Morgan fingerprint density at radius 2 is 2.14 bits per heavy atom. The molecular formula is C21H25F2N3O3. The molecule has 0 radical (unpaired) electrons. The Morgan fingerprint density at radius 1 is 1.28 bits per heavy atom. The normalized spacial score (nSPS) is 17.2. The lowest BCUT2D eigenvalue weighted by molar-refractivity contribution is -0.128. The molecule has 0 aliphatic carbocycles. The number of methoxy groups -OCH3 is 1. The van der Waals surface area contributed by atoms with Crippen molar-refractivity contribution in [1.29, 1.82) is 0 Å². The van der Waals surface area contributed by atoms with Gasteiger partial charge < -0.3 is 14.8 Å². The van der Waals surface area contributed by atoms with E-state index in [2.05, 4.69) is 19.9 Å². The first-order valence-corrected chi connectivity index (χ1v) is 9.59. The highest BCUT2D eigenvalue weighted by molar-refractivity contribution is 5.81. The van der Waals surface area contributed by atoms with Gasteiger partial charge in [0, 0.05) is 25.5 Å². The van der Waals surface area contributed by atoms with Gasteiger partial charge in [-0.25, -0.2) is 0 Å². The monoisotopic (exact) mass is 405 g/mol. The number of rotatable bonds is 8. The van der Waals surface area contributed by atoms with E-state index >= 15 is 0 Å². The van der Waals surface area contributed by atoms with Crippen LogP contribution >= 0.6 is 0 Å². The molecule has 1 saturated heterocycles. The fourth-order valence-electron chi connectivity index (χ4n) is 3.53. The molecule has 1 unspecified atom stereocenters. The summed E-state index contributed by atoms with van der Waals surface area (Å²) in [7, 11) is 1.38. The van der Waals surface area contributed by atoms with Gasteiger partial charge in [0.1, 0.15) is 0 Å². The van der Waals surface area contributed by atoms with Crippen LogP contribution in [0.1, 0.15) is 30.4 Å². The molecule has 0 saturated carbocycles. The van der Waals surface area contributed by atoms with Gasteiger partial charge in [-0.2, -0.15) is 8.78 Å². The van der Waals surface area contributed by atoms with Crippen LogP contribution in [-0.4, -0.2) is 42.1 Å². The van der Waals surface area contributed by atoms with Crippen LogP contribution in [0.15, 0.2) is 42.7 Å². The topological polar surface area (TPSA) is 63.7 Å². The number of aromatic nitrogens is 1. The summed E-state index contributed by atoms with van der Waals surface area (Å²) in [5, 5.41) is 2.92. The number of hydrogen-bond acceptors (Lipinski definition) is 5. The Labute approximate surface area is 168 Å². The molecule has 156 valence electrons. The molecule has 1 atom stereocenters. The molecule has 2 heterocycles. The standard InChI is InChI=1S/C21H25F2N3O3/c1-28-18-8-7-15(11-19(18)29-21(22)23)13-25-20(27)17-6-2-3-10-26(17)14-16-5-4-9-24-12-16/h4-5,7-9,11-12,17,21H,2-3,6,10,13-14H2,1H3,(H,25,27). The minimum atomic E-state index is -2.95. The Balaban J connectivity index is 1.62. The summed E-state index contributed by atoms with van der Waals surface area (Å²) in [6, 6.07) is 8.38. The average Bonchev–Trinajstić information content (AvgIpc) is 2.73. The van der Waals surface area contributed by atoms with Crippen LogP contribution < -0.4 is 14.8 Å². The number of ether oxygens (including phenoxy) is 2. The molecule has 6 nitrogen and oxygen atoms in total. The van der Waals surface area contributed by atoms with E-state index in [0.29, 0.717) is 12.1 Å². The Morgan fingerprint density at radius 3 is 2.86 bits per heavy atom. The highest BCUT2D eigenvalue weighted by atomic mass is 19.3. The van der Waals surface area contributed by atoms with Crippen molar-refractivity contribution >= 4 is 5.91 Å². The third kappa shape index (κ3) is 5.87. The van der Waals surface area contributed by atoms with E-state index in [-0.39, 0.29) is 30.0 Å². The third-order valence-electron chi connectivity index (χ3n) is 4.94. The SMILES string of the molecule is COc1ccc(CNC(=O)C2CCCCN2Cc2cccnc2)cc1OC(F)F. The molecule has 0 spiro atoms. The third-order valence-corrected chi connectivity index (χ3v) is 4.94. The first-order chi connectivity index (χ1) is 14.1. The fraction of sp³-hybridized carbons (Fsp3) is 0.429. The van der Waals surface area contributed by atoms with Crippen molar-refractivity contribution in [2.75, 3.05) is 13.7 Å². The maximum Gasteiger partial charge on any atom is 0.387 e. The molecule has 1 fully saturated rings. The Bertz CT molecular complexity index is 805. The van der Waals surface area contributed by atoms with Crippen LogP contribution in [-0.2, 0) is 17.9 Å². The predicted molar refractivity (Wildman–Crippen MR) is 104 cm³/mol. The van der Waals surface area contributed by atoms with Gasteiger partial charge in [-0.15, -0.1) is 0 Å². The van der Waals surface area contributed by atoms with Gasteiger partial charge in [-0.3, -0.25) is 14.7 Å². The van der Waals surface area contributed by atoms with E-state index in [1.54, 1.807) is 18.3 Å². The number of alkyl halides is 2. The van der Waals surface area contributed by atoms with Crippen LogP contribution in [0.5, 0.6) is 11.5 Å². The summed E-state index contributed by atoms with van der Waals surface area (Å²) in [6.45, 7) is -1.21. The fourth-order valence-corrected chi connectivity index (χ4v) is 3.53. The zero-order valence-corrected chi connectivity index (χ0v) is 16.3. The molecule has 8 heteroatoms. The predicted octanol–water partition coefficient (Wildman–Crippen LogP) is 3.36.